The number of unbranched alkanes of at least 4 members (excludes halogenated alkanes) is 6. The van der Waals surface area contributed by atoms with Crippen LogP contribution in [-0.2, 0) is 64.0 Å². The van der Waals surface area contributed by atoms with Crippen LogP contribution in [0.15, 0.2) is 24.3 Å². The number of benzene rings is 1. The molecule has 3 rings (SSSR count). The zero-order valence-corrected chi connectivity index (χ0v) is 40.4. The van der Waals surface area contributed by atoms with E-state index in [2.05, 4.69) is 44.1 Å². The summed E-state index contributed by atoms with van der Waals surface area (Å²) in [6.07, 6.45) is 2.16. The third kappa shape index (κ3) is 20.2. The fraction of sp³-hybridized carbons (Fsp3) is 0.609. The smallest absolute Gasteiger partial charge is 0.245 e. The minimum Gasteiger partial charge on any atom is -0.508 e. The van der Waals surface area contributed by atoms with Crippen molar-refractivity contribution in [1.82, 2.24) is 42.1 Å². The van der Waals surface area contributed by atoms with E-state index in [4.69, 9.17) is 22.9 Å². The molecule has 12 amide bonds. The molecule has 26 heteroatoms. The highest BCUT2D eigenvalue weighted by Crippen LogP contribution is 2.21. The van der Waals surface area contributed by atoms with E-state index in [-0.39, 0.29) is 38.0 Å². The summed E-state index contributed by atoms with van der Waals surface area (Å²) < 4.78 is 0. The summed E-state index contributed by atoms with van der Waals surface area (Å²) in [5.41, 5.74) is 22.1. The summed E-state index contributed by atoms with van der Waals surface area (Å²) in [5.74, 6) is -12.6. The van der Waals surface area contributed by atoms with E-state index >= 15 is 0 Å². The molecule has 0 bridgehead atoms. The van der Waals surface area contributed by atoms with E-state index in [0.717, 1.165) is 37.0 Å². The first kappa shape index (κ1) is 58.9. The summed E-state index contributed by atoms with van der Waals surface area (Å²) in [5, 5.41) is 37.1. The third-order valence-corrected chi connectivity index (χ3v) is 12.0. The number of hydrogen-bond acceptors (Lipinski definition) is 14. The molecule has 1 aromatic carbocycles. The Labute approximate surface area is 416 Å². The topological polar surface area (TPSA) is 437 Å². The van der Waals surface area contributed by atoms with E-state index in [9.17, 15) is 67.7 Å². The number of aromatic hydroxyl groups is 1. The number of phenols is 1. The molecule has 2 aliphatic heterocycles. The monoisotopic (exact) mass is 1010 g/mol. The van der Waals surface area contributed by atoms with Crippen molar-refractivity contribution in [3.8, 4) is 5.75 Å². The van der Waals surface area contributed by atoms with Crippen LogP contribution >= 0.6 is 0 Å². The number of primary amides is 4. The quantitative estimate of drug-likeness (QED) is 0.0551. The average molecular weight is 1020 g/mol. The lowest BCUT2D eigenvalue weighted by Crippen LogP contribution is -2.60. The summed E-state index contributed by atoms with van der Waals surface area (Å²) in [6, 6.07) is -7.35. The number of carbonyl (C=O) groups excluding carboxylic acids is 12. The highest BCUT2D eigenvalue weighted by atomic mass is 16.3. The molecule has 0 aliphatic carbocycles. The number of rotatable bonds is 20. The summed E-state index contributed by atoms with van der Waals surface area (Å²) in [6.45, 7) is 0.979. The number of fused-ring (bicyclic) bond motifs is 1. The molecule has 2 saturated heterocycles. The Hall–Kier alpha value is -7.38. The molecule has 17 N–H and O–H groups in total. The van der Waals surface area contributed by atoms with Crippen molar-refractivity contribution in [2.45, 2.75) is 164 Å². The Bertz CT molecular complexity index is 2120. The second-order valence-electron chi connectivity index (χ2n) is 18.0. The van der Waals surface area contributed by atoms with Crippen LogP contribution in [0, 0.1) is 0 Å². The Kier molecular flexibility index (Phi) is 24.3. The standard InChI is InChI=1S/C46H70N12O14/c1-2-3-4-5-6-7-8-10-26-20-39(65)52-30(21-36(48)62)41(67)54-29(19-25-12-14-27(60)15-13-25)40(66)55-31(22-37(49)63)42(68)53-28(16-17-35(47)61)46(72)58-18-9-11-34(58)45(71)56-32(23-38(50)64)43(69)57-33(24-59)44(70)51-26/h12-15,26,28-34,59-60H,2-11,16-24H2,1H3,(H2,47,61)(H2,48,62)(H2,49,63)(H2,50,64)(H,51,70)(H,52,65)(H,53,68)(H,54,67)(H,55,66)(H,56,71)(H,57,69). The van der Waals surface area contributed by atoms with Gasteiger partial charge in [-0.15, -0.1) is 0 Å². The van der Waals surface area contributed by atoms with Gasteiger partial charge in [-0.2, -0.15) is 0 Å². The van der Waals surface area contributed by atoms with Crippen molar-refractivity contribution >= 4 is 70.9 Å². The van der Waals surface area contributed by atoms with Crippen LogP contribution in [0.4, 0.5) is 0 Å². The van der Waals surface area contributed by atoms with Gasteiger partial charge in [0.2, 0.25) is 70.9 Å². The number of phenolic OH excluding ortho intramolecular Hbond substituents is 1. The maximum absolute atomic E-state index is 14.3. The van der Waals surface area contributed by atoms with Gasteiger partial charge in [-0.1, -0.05) is 64.0 Å². The molecular weight excluding hydrogens is 945 g/mol. The van der Waals surface area contributed by atoms with Gasteiger partial charge in [0.05, 0.1) is 25.9 Å². The van der Waals surface area contributed by atoms with Gasteiger partial charge in [0.25, 0.3) is 0 Å². The lowest BCUT2D eigenvalue weighted by molar-refractivity contribution is -0.143. The molecule has 398 valence electrons. The number of nitrogens with zero attached hydrogens (tertiary/aromatic N) is 1. The van der Waals surface area contributed by atoms with Crippen molar-refractivity contribution in [1.29, 1.82) is 0 Å². The van der Waals surface area contributed by atoms with Crippen LogP contribution in [0.2, 0.25) is 0 Å². The van der Waals surface area contributed by atoms with Crippen molar-refractivity contribution in [3.63, 3.8) is 0 Å². The highest BCUT2D eigenvalue weighted by Gasteiger charge is 2.41. The summed E-state index contributed by atoms with van der Waals surface area (Å²) >= 11 is 0. The molecule has 8 unspecified atom stereocenters. The number of nitrogens with two attached hydrogens (primary N) is 4. The van der Waals surface area contributed by atoms with Gasteiger partial charge in [0.1, 0.15) is 48.0 Å². The Morgan fingerprint density at radius 3 is 1.58 bits per heavy atom. The Morgan fingerprint density at radius 2 is 1.04 bits per heavy atom. The van der Waals surface area contributed by atoms with Gasteiger partial charge < -0.3 is 75.3 Å². The van der Waals surface area contributed by atoms with E-state index in [0.29, 0.717) is 18.4 Å². The molecule has 0 aromatic heterocycles. The second kappa shape index (κ2) is 29.7. The first-order valence-corrected chi connectivity index (χ1v) is 24.1. The normalized spacial score (nSPS) is 24.4. The number of nitrogens with one attached hydrogen (secondary N) is 7. The van der Waals surface area contributed by atoms with Gasteiger partial charge >= 0.3 is 0 Å². The highest BCUT2D eigenvalue weighted by molar-refractivity contribution is 6.00. The molecule has 72 heavy (non-hydrogen) atoms. The van der Waals surface area contributed by atoms with Gasteiger partial charge in [-0.05, 0) is 43.4 Å². The van der Waals surface area contributed by atoms with Crippen molar-refractivity contribution < 1.29 is 67.7 Å². The molecule has 0 saturated carbocycles. The summed E-state index contributed by atoms with van der Waals surface area (Å²) in [4.78, 5) is 162. The molecule has 2 aliphatic rings. The van der Waals surface area contributed by atoms with Crippen molar-refractivity contribution in [3.05, 3.63) is 29.8 Å². The zero-order valence-electron chi connectivity index (χ0n) is 40.4. The predicted molar refractivity (Wildman–Crippen MR) is 254 cm³/mol. The lowest BCUT2D eigenvalue weighted by Gasteiger charge is -2.31. The molecule has 1 aromatic rings. The van der Waals surface area contributed by atoms with E-state index < -0.39 is 164 Å². The molecule has 2 heterocycles. The van der Waals surface area contributed by atoms with Crippen LogP contribution in [0.3, 0.4) is 0 Å². The SMILES string of the molecule is CCCCCCCCCC1CC(=O)NC(CC(N)=O)C(=O)NC(Cc2ccc(O)cc2)C(=O)NC(CC(N)=O)C(=O)NC(CCC(N)=O)C(=O)N2CCCC2C(=O)NC(CC(N)=O)C(=O)NC(CO)C(=O)N1. The van der Waals surface area contributed by atoms with Gasteiger partial charge in [-0.25, -0.2) is 0 Å². The number of carbonyl (C=O) groups is 12. The fourth-order valence-electron chi connectivity index (χ4n) is 8.26. The lowest BCUT2D eigenvalue weighted by atomic mass is 10.0. The second-order valence-corrected chi connectivity index (χ2v) is 18.0. The largest absolute Gasteiger partial charge is 0.508 e. The van der Waals surface area contributed by atoms with Crippen molar-refractivity contribution in [2.24, 2.45) is 22.9 Å². The predicted octanol–water partition coefficient (Wildman–Crippen LogP) is -4.25. The van der Waals surface area contributed by atoms with E-state index in [1.165, 1.54) is 24.3 Å². The average Bonchev–Trinajstić information content (AvgIpc) is 3.81. The Morgan fingerprint density at radius 1 is 0.569 bits per heavy atom. The maximum atomic E-state index is 14.3. The number of hydrogen-bond donors (Lipinski definition) is 13. The zero-order chi connectivity index (χ0) is 53.5. The number of amides is 12. The minimum absolute atomic E-state index is 0.00312. The third-order valence-electron chi connectivity index (χ3n) is 12.0. The molecule has 8 atom stereocenters. The van der Waals surface area contributed by atoms with Crippen LogP contribution in [0.1, 0.15) is 115 Å². The van der Waals surface area contributed by atoms with Crippen LogP contribution in [-0.4, -0.2) is 147 Å². The van der Waals surface area contributed by atoms with E-state index in [1.807, 2.05) is 0 Å². The first-order valence-electron chi connectivity index (χ1n) is 24.1. The minimum atomic E-state index is -1.86. The maximum Gasteiger partial charge on any atom is 0.245 e. The van der Waals surface area contributed by atoms with Crippen molar-refractivity contribution in [2.75, 3.05) is 13.2 Å². The fourth-order valence-corrected chi connectivity index (χ4v) is 8.26. The van der Waals surface area contributed by atoms with Gasteiger partial charge in [-0.3, -0.25) is 57.5 Å². The number of aliphatic hydroxyl groups is 1. The molecular formula is C46H70N12O14. The Balaban J connectivity index is 2.15. The first-order chi connectivity index (χ1) is 34.1. The van der Waals surface area contributed by atoms with Gasteiger partial charge in [0, 0.05) is 31.8 Å². The number of aliphatic hydroxyl groups excluding tert-OH is 1. The van der Waals surface area contributed by atoms with E-state index in [1.54, 1.807) is 0 Å². The summed E-state index contributed by atoms with van der Waals surface area (Å²) in [7, 11) is 0. The van der Waals surface area contributed by atoms with Crippen LogP contribution in [0.5, 0.6) is 5.75 Å². The van der Waals surface area contributed by atoms with Crippen LogP contribution < -0.4 is 60.2 Å². The molecule has 26 nitrogen and oxygen atoms in total. The van der Waals surface area contributed by atoms with Gasteiger partial charge in [0.15, 0.2) is 0 Å². The molecule has 2 fully saturated rings. The molecule has 0 spiro atoms. The molecule has 0 radical (unpaired) electrons. The van der Waals surface area contributed by atoms with Crippen LogP contribution in [0.25, 0.3) is 0 Å².